The van der Waals surface area contributed by atoms with Crippen LogP contribution in [-0.4, -0.2) is 24.2 Å². The van der Waals surface area contributed by atoms with E-state index in [0.717, 1.165) is 11.1 Å². The van der Waals surface area contributed by atoms with Gasteiger partial charge >= 0.3 is 5.97 Å². The van der Waals surface area contributed by atoms with Crippen LogP contribution in [0.3, 0.4) is 0 Å². The predicted molar refractivity (Wildman–Crippen MR) is 58.6 cm³/mol. The zero-order chi connectivity index (χ0) is 11.4. The minimum Gasteiger partial charge on any atom is -0.480 e. The zero-order valence-electron chi connectivity index (χ0n) is 8.90. The second-order valence-corrected chi connectivity index (χ2v) is 3.54. The third-order valence-electron chi connectivity index (χ3n) is 2.40. The number of hydrogen-bond acceptors (Lipinski definition) is 3. The molecule has 0 fully saturated rings. The summed E-state index contributed by atoms with van der Waals surface area (Å²) in [5, 5.41) is 11.6. The smallest absolute Gasteiger partial charge is 0.322 e. The fourth-order valence-corrected chi connectivity index (χ4v) is 1.44. The average Bonchev–Trinajstić information content (AvgIpc) is 2.19. The Morgan fingerprint density at radius 1 is 1.40 bits per heavy atom. The van der Waals surface area contributed by atoms with Gasteiger partial charge in [-0.25, -0.2) is 0 Å². The molecule has 0 aliphatic heterocycles. The van der Waals surface area contributed by atoms with Crippen molar-refractivity contribution in [3.05, 3.63) is 35.4 Å². The van der Waals surface area contributed by atoms with Crippen molar-refractivity contribution in [1.29, 1.82) is 0 Å². The SMILES string of the molecule is CNC(C(=O)O)C(N)c1ccc(C)cc1. The number of rotatable bonds is 4. The maximum atomic E-state index is 10.9. The molecule has 0 saturated carbocycles. The summed E-state index contributed by atoms with van der Waals surface area (Å²) in [4.78, 5) is 10.9. The van der Waals surface area contributed by atoms with Gasteiger partial charge in [0, 0.05) is 0 Å². The Hall–Kier alpha value is -1.39. The molecule has 0 aliphatic rings. The van der Waals surface area contributed by atoms with Gasteiger partial charge in [-0.05, 0) is 19.5 Å². The fourth-order valence-electron chi connectivity index (χ4n) is 1.44. The molecule has 4 nitrogen and oxygen atoms in total. The standard InChI is InChI=1S/C11H16N2O2/c1-7-3-5-8(6-4-7)9(12)10(13-2)11(14)15/h3-6,9-10,13H,12H2,1-2H3,(H,14,15). The van der Waals surface area contributed by atoms with Crippen LogP contribution >= 0.6 is 0 Å². The second-order valence-electron chi connectivity index (χ2n) is 3.54. The molecule has 0 saturated heterocycles. The highest BCUT2D eigenvalue weighted by Gasteiger charge is 2.24. The van der Waals surface area contributed by atoms with E-state index in [0.29, 0.717) is 0 Å². The highest BCUT2D eigenvalue weighted by Crippen LogP contribution is 2.15. The Labute approximate surface area is 89.1 Å². The molecule has 2 unspecified atom stereocenters. The summed E-state index contributed by atoms with van der Waals surface area (Å²) in [6, 6.07) is 6.26. The molecule has 0 aliphatic carbocycles. The Bertz CT molecular complexity index is 335. The molecule has 0 amide bonds. The molecule has 82 valence electrons. The normalized spacial score (nSPS) is 14.6. The van der Waals surface area contributed by atoms with Gasteiger partial charge in [-0.2, -0.15) is 0 Å². The van der Waals surface area contributed by atoms with Crippen molar-refractivity contribution < 1.29 is 9.90 Å². The fraction of sp³-hybridized carbons (Fsp3) is 0.364. The largest absolute Gasteiger partial charge is 0.480 e. The van der Waals surface area contributed by atoms with Gasteiger partial charge in [0.1, 0.15) is 6.04 Å². The third-order valence-corrected chi connectivity index (χ3v) is 2.40. The summed E-state index contributed by atoms with van der Waals surface area (Å²) >= 11 is 0. The quantitative estimate of drug-likeness (QED) is 0.679. The minimum atomic E-state index is -0.939. The summed E-state index contributed by atoms with van der Waals surface area (Å²) < 4.78 is 0. The van der Waals surface area contributed by atoms with E-state index >= 15 is 0 Å². The number of nitrogens with one attached hydrogen (secondary N) is 1. The van der Waals surface area contributed by atoms with Crippen LogP contribution in [0.25, 0.3) is 0 Å². The van der Waals surface area contributed by atoms with Gasteiger partial charge in [-0.1, -0.05) is 29.8 Å². The van der Waals surface area contributed by atoms with E-state index in [1.165, 1.54) is 0 Å². The first-order chi connectivity index (χ1) is 7.06. The van der Waals surface area contributed by atoms with Crippen LogP contribution in [0.5, 0.6) is 0 Å². The molecule has 1 rings (SSSR count). The third kappa shape index (κ3) is 2.78. The van der Waals surface area contributed by atoms with Crippen LogP contribution in [0.2, 0.25) is 0 Å². The van der Waals surface area contributed by atoms with E-state index in [4.69, 9.17) is 10.8 Å². The van der Waals surface area contributed by atoms with Crippen LogP contribution in [0, 0.1) is 6.92 Å². The molecule has 15 heavy (non-hydrogen) atoms. The van der Waals surface area contributed by atoms with Crippen LogP contribution < -0.4 is 11.1 Å². The summed E-state index contributed by atoms with van der Waals surface area (Å²) in [5.74, 6) is -0.939. The van der Waals surface area contributed by atoms with Gasteiger partial charge in [-0.3, -0.25) is 4.79 Å². The van der Waals surface area contributed by atoms with E-state index < -0.39 is 18.1 Å². The van der Waals surface area contributed by atoms with Crippen molar-refractivity contribution in [3.8, 4) is 0 Å². The van der Waals surface area contributed by atoms with Crippen LogP contribution in [0.1, 0.15) is 17.2 Å². The van der Waals surface area contributed by atoms with Crippen molar-refractivity contribution in [1.82, 2.24) is 5.32 Å². The Kier molecular flexibility index (Phi) is 3.82. The first-order valence-corrected chi connectivity index (χ1v) is 4.78. The lowest BCUT2D eigenvalue weighted by Gasteiger charge is -2.19. The molecule has 0 aromatic heterocycles. The molecule has 0 radical (unpaired) electrons. The molecule has 0 spiro atoms. The molecular weight excluding hydrogens is 192 g/mol. The molecular formula is C11H16N2O2. The Balaban J connectivity index is 2.87. The minimum absolute atomic E-state index is 0.534. The molecule has 2 atom stereocenters. The molecule has 4 heteroatoms. The summed E-state index contributed by atoms with van der Waals surface area (Å²) in [6.07, 6.45) is 0. The zero-order valence-corrected chi connectivity index (χ0v) is 8.90. The monoisotopic (exact) mass is 208 g/mol. The summed E-state index contributed by atoms with van der Waals surface area (Å²) in [6.45, 7) is 1.97. The molecule has 4 N–H and O–H groups in total. The predicted octanol–water partition coefficient (Wildman–Crippen LogP) is 0.667. The number of aryl methyl sites for hydroxylation is 1. The van der Waals surface area contributed by atoms with Crippen molar-refractivity contribution in [2.75, 3.05) is 7.05 Å². The lowest BCUT2D eigenvalue weighted by molar-refractivity contribution is -0.139. The summed E-state index contributed by atoms with van der Waals surface area (Å²) in [7, 11) is 1.59. The number of benzene rings is 1. The molecule has 0 bridgehead atoms. The average molecular weight is 208 g/mol. The van der Waals surface area contributed by atoms with Crippen molar-refractivity contribution >= 4 is 5.97 Å². The number of likely N-dealkylation sites (N-methyl/N-ethyl adjacent to an activating group) is 1. The van der Waals surface area contributed by atoms with Gasteiger partial charge in [0.2, 0.25) is 0 Å². The number of aliphatic carboxylic acids is 1. The van der Waals surface area contributed by atoms with E-state index in [1.54, 1.807) is 7.05 Å². The number of carbonyl (C=O) groups is 1. The lowest BCUT2D eigenvalue weighted by atomic mass is 9.99. The van der Waals surface area contributed by atoms with Crippen LogP contribution in [0.15, 0.2) is 24.3 Å². The lowest BCUT2D eigenvalue weighted by Crippen LogP contribution is -2.43. The highest BCUT2D eigenvalue weighted by atomic mass is 16.4. The number of nitrogens with two attached hydrogens (primary N) is 1. The second kappa shape index (κ2) is 4.91. The van der Waals surface area contributed by atoms with E-state index in [1.807, 2.05) is 31.2 Å². The number of carboxylic acids is 1. The van der Waals surface area contributed by atoms with Gasteiger partial charge < -0.3 is 16.2 Å². The maximum Gasteiger partial charge on any atom is 0.322 e. The summed E-state index contributed by atoms with van der Waals surface area (Å²) in [5.41, 5.74) is 7.81. The van der Waals surface area contributed by atoms with E-state index in [-0.39, 0.29) is 0 Å². The van der Waals surface area contributed by atoms with Crippen LogP contribution in [0.4, 0.5) is 0 Å². The topological polar surface area (TPSA) is 75.3 Å². The first kappa shape index (κ1) is 11.7. The first-order valence-electron chi connectivity index (χ1n) is 4.78. The molecule has 0 heterocycles. The van der Waals surface area contributed by atoms with Crippen LogP contribution in [-0.2, 0) is 4.79 Å². The number of hydrogen-bond donors (Lipinski definition) is 3. The van der Waals surface area contributed by atoms with Gasteiger partial charge in [0.25, 0.3) is 0 Å². The Morgan fingerprint density at radius 3 is 2.33 bits per heavy atom. The van der Waals surface area contributed by atoms with Crippen molar-refractivity contribution in [3.63, 3.8) is 0 Å². The maximum absolute atomic E-state index is 10.9. The van der Waals surface area contributed by atoms with Crippen molar-refractivity contribution in [2.45, 2.75) is 19.0 Å². The van der Waals surface area contributed by atoms with Gasteiger partial charge in [0.05, 0.1) is 6.04 Å². The van der Waals surface area contributed by atoms with E-state index in [9.17, 15) is 4.79 Å². The number of carboxylic acid groups (broad SMARTS) is 1. The van der Waals surface area contributed by atoms with Crippen molar-refractivity contribution in [2.24, 2.45) is 5.73 Å². The molecule has 1 aromatic rings. The highest BCUT2D eigenvalue weighted by molar-refractivity contribution is 5.74. The Morgan fingerprint density at radius 2 is 1.93 bits per heavy atom. The molecule has 1 aromatic carbocycles. The van der Waals surface area contributed by atoms with E-state index in [2.05, 4.69) is 5.32 Å². The van der Waals surface area contributed by atoms with Gasteiger partial charge in [-0.15, -0.1) is 0 Å². The van der Waals surface area contributed by atoms with Gasteiger partial charge in [0.15, 0.2) is 0 Å².